The van der Waals surface area contributed by atoms with E-state index in [1.54, 1.807) is 12.1 Å². The molecule has 3 aromatic carbocycles. The number of hydrogen-bond acceptors (Lipinski definition) is 7. The third-order valence-corrected chi connectivity index (χ3v) is 6.02. The molecule has 1 aromatic heterocycles. The van der Waals surface area contributed by atoms with Gasteiger partial charge in [0.25, 0.3) is 5.91 Å². The summed E-state index contributed by atoms with van der Waals surface area (Å²) < 4.78 is 5.89. The molecule has 4 rings (SSSR count). The van der Waals surface area contributed by atoms with Gasteiger partial charge in [0.2, 0.25) is 11.0 Å². The van der Waals surface area contributed by atoms with Crippen molar-refractivity contribution < 1.29 is 14.3 Å². The molecule has 0 radical (unpaired) electrons. The number of anilines is 1. The largest absolute Gasteiger partial charge is 0.488 e. The number of amides is 2. The second-order valence-electron chi connectivity index (χ2n) is 7.74. The van der Waals surface area contributed by atoms with Crippen LogP contribution in [0.5, 0.6) is 5.75 Å². The molecule has 0 unspecified atom stereocenters. The molecule has 8 nitrogen and oxygen atoms in total. The van der Waals surface area contributed by atoms with Gasteiger partial charge in [-0.3, -0.25) is 14.9 Å². The summed E-state index contributed by atoms with van der Waals surface area (Å²) in [4.78, 5) is 24.6. The molecule has 0 fully saturated rings. The Morgan fingerprint density at radius 2 is 1.78 bits per heavy atom. The second kappa shape index (κ2) is 12.1. The minimum absolute atomic E-state index is 0.0237. The smallest absolute Gasteiger partial charge is 0.257 e. The highest BCUT2D eigenvalue weighted by atomic mass is 35.5. The van der Waals surface area contributed by atoms with E-state index in [0.717, 1.165) is 22.5 Å². The molecule has 0 aliphatic heterocycles. The first-order valence-corrected chi connectivity index (χ1v) is 12.1. The van der Waals surface area contributed by atoms with Crippen LogP contribution >= 0.6 is 22.9 Å². The lowest BCUT2D eigenvalue weighted by molar-refractivity contribution is -0.120. The molecular weight excluding hydrogens is 498 g/mol. The van der Waals surface area contributed by atoms with E-state index in [1.807, 2.05) is 67.6 Å². The molecule has 2 N–H and O–H groups in total. The van der Waals surface area contributed by atoms with Crippen LogP contribution in [-0.2, 0) is 17.8 Å². The van der Waals surface area contributed by atoms with Crippen LogP contribution in [-0.4, -0.2) is 28.2 Å². The van der Waals surface area contributed by atoms with Crippen molar-refractivity contribution in [3.63, 3.8) is 0 Å². The highest BCUT2D eigenvalue weighted by molar-refractivity contribution is 7.15. The molecule has 10 heteroatoms. The van der Waals surface area contributed by atoms with Crippen molar-refractivity contribution in [2.75, 3.05) is 5.32 Å². The average molecular weight is 520 g/mol. The van der Waals surface area contributed by atoms with E-state index in [0.29, 0.717) is 38.6 Å². The van der Waals surface area contributed by atoms with Crippen LogP contribution in [0.2, 0.25) is 5.02 Å². The Labute approximate surface area is 217 Å². The van der Waals surface area contributed by atoms with Crippen LogP contribution in [0, 0.1) is 6.92 Å². The van der Waals surface area contributed by atoms with Gasteiger partial charge >= 0.3 is 0 Å². The predicted octanol–water partition coefficient (Wildman–Crippen LogP) is 5.02. The third-order valence-electron chi connectivity index (χ3n) is 4.93. The van der Waals surface area contributed by atoms with E-state index in [2.05, 4.69) is 26.0 Å². The van der Waals surface area contributed by atoms with Crippen molar-refractivity contribution in [1.82, 2.24) is 15.6 Å². The van der Waals surface area contributed by atoms with Gasteiger partial charge in [0.05, 0.1) is 12.6 Å². The number of ether oxygens (including phenoxy) is 1. The number of hydrazone groups is 1. The molecule has 1 heterocycles. The van der Waals surface area contributed by atoms with Gasteiger partial charge in [0.15, 0.2) is 0 Å². The summed E-state index contributed by atoms with van der Waals surface area (Å²) in [5, 5.41) is 16.1. The van der Waals surface area contributed by atoms with Gasteiger partial charge in [-0.2, -0.15) is 5.10 Å². The zero-order valence-corrected chi connectivity index (χ0v) is 20.8. The van der Waals surface area contributed by atoms with Crippen molar-refractivity contribution in [2.24, 2.45) is 5.10 Å². The molecule has 0 aliphatic carbocycles. The lowest BCUT2D eigenvalue weighted by Crippen LogP contribution is -2.19. The molecule has 2 amide bonds. The van der Waals surface area contributed by atoms with Crippen molar-refractivity contribution in [1.29, 1.82) is 0 Å². The number of aryl methyl sites for hydroxylation is 1. The highest BCUT2D eigenvalue weighted by Gasteiger charge is 2.12. The van der Waals surface area contributed by atoms with Crippen LogP contribution in [0.3, 0.4) is 0 Å². The van der Waals surface area contributed by atoms with Gasteiger partial charge in [0.1, 0.15) is 17.4 Å². The predicted molar refractivity (Wildman–Crippen MR) is 141 cm³/mol. The topological polar surface area (TPSA) is 106 Å². The van der Waals surface area contributed by atoms with E-state index in [1.165, 1.54) is 6.21 Å². The number of carbonyl (C=O) groups excluding carboxylic acids is 2. The number of rotatable bonds is 9. The summed E-state index contributed by atoms with van der Waals surface area (Å²) in [6.07, 6.45) is 1.49. The molecule has 36 heavy (non-hydrogen) atoms. The van der Waals surface area contributed by atoms with E-state index >= 15 is 0 Å². The van der Waals surface area contributed by atoms with Crippen molar-refractivity contribution in [3.05, 3.63) is 105 Å². The molecule has 0 saturated heterocycles. The fraction of sp³-hybridized carbons (Fsp3) is 0.115. The maximum Gasteiger partial charge on any atom is 0.257 e. The number of halogens is 1. The molecule has 0 bridgehead atoms. The first-order chi connectivity index (χ1) is 17.5. The number of aromatic nitrogens is 2. The maximum absolute atomic E-state index is 12.3. The van der Waals surface area contributed by atoms with E-state index in [-0.39, 0.29) is 18.2 Å². The van der Waals surface area contributed by atoms with E-state index in [4.69, 9.17) is 16.3 Å². The Kier molecular flexibility index (Phi) is 8.38. The van der Waals surface area contributed by atoms with Crippen molar-refractivity contribution in [3.8, 4) is 5.75 Å². The Bertz CT molecular complexity index is 1370. The van der Waals surface area contributed by atoms with E-state index < -0.39 is 0 Å². The number of carbonyl (C=O) groups is 2. The van der Waals surface area contributed by atoms with Crippen molar-refractivity contribution >= 4 is 46.1 Å². The summed E-state index contributed by atoms with van der Waals surface area (Å²) in [6.45, 7) is 2.32. The molecular formula is C26H22ClN5O3S. The summed E-state index contributed by atoms with van der Waals surface area (Å²) in [7, 11) is 0. The summed E-state index contributed by atoms with van der Waals surface area (Å²) in [6, 6.07) is 22.0. The molecule has 182 valence electrons. The standard InChI is InChI=1S/C26H22ClN5O3S/c1-17-6-10-19(11-7-17)25(34)29-26-32-31-24(36-26)14-23(33)30-28-15-20-4-2-3-5-22(20)35-16-18-8-12-21(27)13-9-18/h2-13,15H,14,16H2,1H3,(H,30,33)(H,29,32,34). The lowest BCUT2D eigenvalue weighted by atomic mass is 10.1. The quantitative estimate of drug-likeness (QED) is 0.238. The van der Waals surface area contributed by atoms with Crippen LogP contribution in [0.4, 0.5) is 5.13 Å². The molecule has 0 spiro atoms. The molecule has 0 saturated carbocycles. The first-order valence-electron chi connectivity index (χ1n) is 10.9. The van der Waals surface area contributed by atoms with Gasteiger partial charge < -0.3 is 4.74 Å². The van der Waals surface area contributed by atoms with Crippen LogP contribution in [0.25, 0.3) is 0 Å². The third kappa shape index (κ3) is 7.21. The lowest BCUT2D eigenvalue weighted by Gasteiger charge is -2.09. The first kappa shape index (κ1) is 25.0. The summed E-state index contributed by atoms with van der Waals surface area (Å²) >= 11 is 7.05. The number of hydrogen-bond donors (Lipinski definition) is 2. The SMILES string of the molecule is Cc1ccc(C(=O)Nc2nnc(CC(=O)NN=Cc3ccccc3OCc3ccc(Cl)cc3)s2)cc1. The van der Waals surface area contributed by atoms with Gasteiger partial charge in [-0.25, -0.2) is 5.43 Å². The monoisotopic (exact) mass is 519 g/mol. The number of para-hydroxylation sites is 1. The minimum atomic E-state index is -0.363. The van der Waals surface area contributed by atoms with E-state index in [9.17, 15) is 9.59 Å². The van der Waals surface area contributed by atoms with Gasteiger partial charge in [-0.1, -0.05) is 64.9 Å². The Morgan fingerprint density at radius 1 is 1.03 bits per heavy atom. The zero-order valence-electron chi connectivity index (χ0n) is 19.3. The number of nitrogens with one attached hydrogen (secondary N) is 2. The van der Waals surface area contributed by atoms with Gasteiger partial charge in [0, 0.05) is 16.1 Å². The Balaban J connectivity index is 1.28. The van der Waals surface area contributed by atoms with Crippen LogP contribution in [0.1, 0.15) is 32.1 Å². The molecule has 4 aromatic rings. The summed E-state index contributed by atoms with van der Waals surface area (Å²) in [5.41, 5.74) is 5.75. The fourth-order valence-electron chi connectivity index (χ4n) is 3.06. The average Bonchev–Trinajstić information content (AvgIpc) is 3.31. The molecule has 0 aliphatic rings. The van der Waals surface area contributed by atoms with Crippen LogP contribution < -0.4 is 15.5 Å². The van der Waals surface area contributed by atoms with Crippen LogP contribution in [0.15, 0.2) is 77.9 Å². The zero-order chi connectivity index (χ0) is 25.3. The summed E-state index contributed by atoms with van der Waals surface area (Å²) in [5.74, 6) is -0.0226. The number of benzene rings is 3. The van der Waals surface area contributed by atoms with Gasteiger partial charge in [-0.15, -0.1) is 10.2 Å². The van der Waals surface area contributed by atoms with Crippen molar-refractivity contribution in [2.45, 2.75) is 20.0 Å². The number of nitrogens with zero attached hydrogens (tertiary/aromatic N) is 3. The second-order valence-corrected chi connectivity index (χ2v) is 9.24. The Morgan fingerprint density at radius 3 is 2.56 bits per heavy atom. The molecule has 0 atom stereocenters. The highest BCUT2D eigenvalue weighted by Crippen LogP contribution is 2.19. The normalized spacial score (nSPS) is 10.8. The van der Waals surface area contributed by atoms with Gasteiger partial charge in [-0.05, 0) is 48.9 Å². The minimum Gasteiger partial charge on any atom is -0.488 e. The Hall–Kier alpha value is -4.08. The maximum atomic E-state index is 12.3. The fourth-order valence-corrected chi connectivity index (χ4v) is 3.92.